The number of carbonyl (C=O) groups excluding carboxylic acids is 3. The number of benzene rings is 1. The lowest BCUT2D eigenvalue weighted by atomic mass is 10.0. The Kier molecular flexibility index (Phi) is 13.9. The first-order valence-electron chi connectivity index (χ1n) is 15.2. The molecule has 15 heteroatoms. The molecule has 0 spiro atoms. The molecule has 3 amide bonds. The highest BCUT2D eigenvalue weighted by atomic mass is 16.4. The van der Waals surface area contributed by atoms with Crippen LogP contribution in [0.5, 0.6) is 0 Å². The number of amides is 3. The Bertz CT molecular complexity index is 1180. The molecule has 2 atom stereocenters. The van der Waals surface area contributed by atoms with E-state index in [1.807, 2.05) is 12.1 Å². The number of hydrogen-bond donors (Lipinski definition) is 5. The molecule has 0 aliphatic carbocycles. The molecule has 0 aromatic heterocycles. The average molecular weight is 633 g/mol. The normalized spacial score (nSPS) is 19.5. The summed E-state index contributed by atoms with van der Waals surface area (Å²) in [6, 6.07) is 6.92. The summed E-state index contributed by atoms with van der Waals surface area (Å²) in [5.74, 6) is -3.89. The van der Waals surface area contributed by atoms with Crippen molar-refractivity contribution in [2.24, 2.45) is 5.92 Å². The van der Waals surface area contributed by atoms with Crippen molar-refractivity contribution < 1.29 is 44.1 Å². The van der Waals surface area contributed by atoms with Gasteiger partial charge >= 0.3 is 17.9 Å². The number of nitrogens with one attached hydrogen (secondary N) is 2. The third-order valence-corrected chi connectivity index (χ3v) is 7.91. The molecular formula is C30H44N6O9. The lowest BCUT2D eigenvalue weighted by Gasteiger charge is -2.29. The number of carbonyl (C=O) groups is 6. The Morgan fingerprint density at radius 1 is 0.844 bits per heavy atom. The maximum absolute atomic E-state index is 12.4. The first-order valence-corrected chi connectivity index (χ1v) is 15.2. The van der Waals surface area contributed by atoms with Gasteiger partial charge in [-0.1, -0.05) is 19.1 Å². The molecule has 2 saturated heterocycles. The number of hydrogen-bond acceptors (Lipinski definition) is 10. The van der Waals surface area contributed by atoms with E-state index in [9.17, 15) is 44.1 Å². The summed E-state index contributed by atoms with van der Waals surface area (Å²) in [5.41, 5.74) is 1.48. The molecule has 248 valence electrons. The van der Waals surface area contributed by atoms with Crippen LogP contribution in [0.3, 0.4) is 0 Å². The van der Waals surface area contributed by atoms with Gasteiger partial charge in [0, 0.05) is 82.8 Å². The number of carboxylic acid groups (broad SMARTS) is 3. The van der Waals surface area contributed by atoms with Gasteiger partial charge in [-0.25, -0.2) is 0 Å². The van der Waals surface area contributed by atoms with E-state index in [1.54, 1.807) is 28.9 Å². The van der Waals surface area contributed by atoms with E-state index in [4.69, 9.17) is 0 Å². The van der Waals surface area contributed by atoms with Crippen molar-refractivity contribution in [2.75, 3.05) is 77.3 Å². The van der Waals surface area contributed by atoms with Gasteiger partial charge < -0.3 is 26.0 Å². The average Bonchev–Trinajstić information content (AvgIpc) is 3.25. The number of carboxylic acids is 3. The molecule has 5 N–H and O–H groups in total. The molecule has 2 unspecified atom stereocenters. The van der Waals surface area contributed by atoms with Gasteiger partial charge in [0.15, 0.2) is 0 Å². The highest BCUT2D eigenvalue weighted by molar-refractivity contribution is 6.03. The fourth-order valence-electron chi connectivity index (χ4n) is 5.52. The molecule has 0 bridgehead atoms. The molecular weight excluding hydrogens is 588 g/mol. The van der Waals surface area contributed by atoms with E-state index in [1.165, 1.54) is 4.90 Å². The minimum atomic E-state index is -1.00. The topological polar surface area (TPSA) is 200 Å². The van der Waals surface area contributed by atoms with Crippen LogP contribution in [-0.2, 0) is 35.2 Å². The molecule has 1 aromatic rings. The largest absolute Gasteiger partial charge is 0.480 e. The van der Waals surface area contributed by atoms with Gasteiger partial charge in [-0.15, -0.1) is 0 Å². The standard InChI is InChI=1S/C30H44N6O9/c1-21-15-26(38)36(30(21)45)8-2-3-25(37)32-23-6-4-22(5-7-23)16-24(31-17-27(39)40)18-33-9-11-34(19-28(41)42)13-14-35(12-10-33)20-29(43)44/h4-7,21,24,31H,2-3,8-20H2,1H3,(H,32,37)(H,39,40)(H,41,42)(H,43,44). The highest BCUT2D eigenvalue weighted by Crippen LogP contribution is 2.19. The van der Waals surface area contributed by atoms with Gasteiger partial charge in [-0.3, -0.25) is 48.4 Å². The van der Waals surface area contributed by atoms with Gasteiger partial charge in [-0.2, -0.15) is 0 Å². The van der Waals surface area contributed by atoms with E-state index in [0.717, 1.165) is 5.56 Å². The monoisotopic (exact) mass is 632 g/mol. The van der Waals surface area contributed by atoms with Crippen molar-refractivity contribution >= 4 is 41.3 Å². The second-order valence-corrected chi connectivity index (χ2v) is 11.7. The third kappa shape index (κ3) is 12.5. The number of likely N-dealkylation sites (tertiary alicyclic amines) is 1. The Morgan fingerprint density at radius 3 is 1.89 bits per heavy atom. The van der Waals surface area contributed by atoms with Crippen LogP contribution >= 0.6 is 0 Å². The molecule has 2 aliphatic rings. The molecule has 3 rings (SSSR count). The van der Waals surface area contributed by atoms with E-state index in [-0.39, 0.29) is 68.7 Å². The van der Waals surface area contributed by atoms with Gasteiger partial charge in [0.2, 0.25) is 17.7 Å². The van der Waals surface area contributed by atoms with Crippen LogP contribution in [0.15, 0.2) is 24.3 Å². The first-order chi connectivity index (χ1) is 21.4. The zero-order valence-electron chi connectivity index (χ0n) is 25.7. The number of nitrogens with zero attached hydrogens (tertiary/aromatic N) is 4. The Morgan fingerprint density at radius 2 is 1.40 bits per heavy atom. The SMILES string of the molecule is CC1CC(=O)N(CCCC(=O)Nc2ccc(CC(CN3CCN(CC(=O)O)CCN(CC(=O)O)CC3)NCC(=O)O)cc2)C1=O. The van der Waals surface area contributed by atoms with Crippen LogP contribution in [0, 0.1) is 5.92 Å². The fourth-order valence-corrected chi connectivity index (χ4v) is 5.52. The Labute approximate surface area is 262 Å². The minimum absolute atomic E-state index is 0.151. The van der Waals surface area contributed by atoms with Crippen molar-refractivity contribution in [3.63, 3.8) is 0 Å². The zero-order chi connectivity index (χ0) is 32.9. The summed E-state index contributed by atoms with van der Waals surface area (Å²) in [6.45, 7) is 4.66. The van der Waals surface area contributed by atoms with Crippen LogP contribution in [0.1, 0.15) is 31.7 Å². The smallest absolute Gasteiger partial charge is 0.317 e. The molecule has 2 aliphatic heterocycles. The molecule has 15 nitrogen and oxygen atoms in total. The second kappa shape index (κ2) is 17.5. The van der Waals surface area contributed by atoms with E-state index in [0.29, 0.717) is 64.3 Å². The lowest BCUT2D eigenvalue weighted by Crippen LogP contribution is -2.47. The molecule has 2 heterocycles. The maximum atomic E-state index is 12.4. The van der Waals surface area contributed by atoms with E-state index in [2.05, 4.69) is 15.5 Å². The fraction of sp³-hybridized carbons (Fsp3) is 0.600. The van der Waals surface area contributed by atoms with Crippen LogP contribution in [0.25, 0.3) is 0 Å². The zero-order valence-corrected chi connectivity index (χ0v) is 25.7. The van der Waals surface area contributed by atoms with Crippen LogP contribution in [0.4, 0.5) is 5.69 Å². The molecule has 0 radical (unpaired) electrons. The van der Waals surface area contributed by atoms with Crippen LogP contribution in [0.2, 0.25) is 0 Å². The predicted molar refractivity (Wildman–Crippen MR) is 163 cm³/mol. The predicted octanol–water partition coefficient (Wildman–Crippen LogP) is -0.526. The summed E-state index contributed by atoms with van der Waals surface area (Å²) in [7, 11) is 0. The summed E-state index contributed by atoms with van der Waals surface area (Å²) in [5, 5.41) is 33.8. The first kappa shape index (κ1) is 35.6. The van der Waals surface area contributed by atoms with E-state index >= 15 is 0 Å². The van der Waals surface area contributed by atoms with Crippen molar-refractivity contribution in [1.82, 2.24) is 24.9 Å². The number of aliphatic carboxylic acids is 3. The maximum Gasteiger partial charge on any atom is 0.317 e. The third-order valence-electron chi connectivity index (χ3n) is 7.91. The summed E-state index contributed by atoms with van der Waals surface area (Å²) in [4.78, 5) is 77.3. The van der Waals surface area contributed by atoms with Gasteiger partial charge in [0.25, 0.3) is 0 Å². The van der Waals surface area contributed by atoms with Gasteiger partial charge in [0.1, 0.15) is 0 Å². The second-order valence-electron chi connectivity index (χ2n) is 11.7. The van der Waals surface area contributed by atoms with E-state index < -0.39 is 17.9 Å². The number of anilines is 1. The van der Waals surface area contributed by atoms with Crippen LogP contribution in [-0.4, -0.2) is 149 Å². The summed E-state index contributed by atoms with van der Waals surface area (Å²) >= 11 is 0. The summed E-state index contributed by atoms with van der Waals surface area (Å²) < 4.78 is 0. The molecule has 2 fully saturated rings. The molecule has 45 heavy (non-hydrogen) atoms. The van der Waals surface area contributed by atoms with Crippen molar-refractivity contribution in [2.45, 2.75) is 38.6 Å². The number of rotatable bonds is 16. The van der Waals surface area contributed by atoms with Crippen molar-refractivity contribution in [3.8, 4) is 0 Å². The number of imide groups is 1. The van der Waals surface area contributed by atoms with Crippen molar-refractivity contribution in [1.29, 1.82) is 0 Å². The lowest BCUT2D eigenvalue weighted by molar-refractivity contribution is -0.140. The highest BCUT2D eigenvalue weighted by Gasteiger charge is 2.35. The van der Waals surface area contributed by atoms with Crippen molar-refractivity contribution in [3.05, 3.63) is 29.8 Å². The van der Waals surface area contributed by atoms with Gasteiger partial charge in [-0.05, 0) is 30.5 Å². The molecule has 0 saturated carbocycles. The summed E-state index contributed by atoms with van der Waals surface area (Å²) in [6.07, 6.45) is 1.20. The molecule has 1 aromatic carbocycles. The van der Waals surface area contributed by atoms with Gasteiger partial charge in [0.05, 0.1) is 19.6 Å². The van der Waals surface area contributed by atoms with Crippen LogP contribution < -0.4 is 10.6 Å². The quantitative estimate of drug-likeness (QED) is 0.146. The Balaban J connectivity index is 1.57. The minimum Gasteiger partial charge on any atom is -0.480 e. The Hall–Kier alpha value is -3.92.